The van der Waals surface area contributed by atoms with E-state index in [0.717, 1.165) is 18.6 Å². The van der Waals surface area contributed by atoms with Crippen LogP contribution in [0.25, 0.3) is 0 Å². The Balaban J connectivity index is 1.55. The smallest absolute Gasteiger partial charge is 0.351 e. The van der Waals surface area contributed by atoms with Gasteiger partial charge in [-0.25, -0.2) is 0 Å². The van der Waals surface area contributed by atoms with Gasteiger partial charge in [0.25, 0.3) is 11.8 Å². The van der Waals surface area contributed by atoms with Gasteiger partial charge in [0, 0.05) is 19.6 Å². The number of amides is 3. The largest absolute Gasteiger partial charge is 0.417 e. The van der Waals surface area contributed by atoms with Gasteiger partial charge in [-0.2, -0.15) is 13.2 Å². The minimum Gasteiger partial charge on any atom is -0.351 e. The molecule has 9 nitrogen and oxygen atoms in total. The highest BCUT2D eigenvalue weighted by molar-refractivity contribution is 6.05. The number of hydrogen-bond acceptors (Lipinski definition) is 6. The summed E-state index contributed by atoms with van der Waals surface area (Å²) in [5.41, 5.74) is -1.11. The van der Waals surface area contributed by atoms with Crippen molar-refractivity contribution in [2.75, 3.05) is 36.4 Å². The Kier molecular flexibility index (Phi) is 5.91. The lowest BCUT2D eigenvalue weighted by Crippen LogP contribution is -2.61. The molecule has 0 spiro atoms. The number of nitrogens with zero attached hydrogens (tertiary/aromatic N) is 4. The average Bonchev–Trinajstić information content (AvgIpc) is 2.81. The van der Waals surface area contributed by atoms with Gasteiger partial charge in [0.15, 0.2) is 11.5 Å². The second-order valence-corrected chi connectivity index (χ2v) is 7.72. The number of halogens is 3. The average molecular weight is 462 g/mol. The fourth-order valence-corrected chi connectivity index (χ4v) is 3.88. The zero-order chi connectivity index (χ0) is 23.8. The molecule has 0 bridgehead atoms. The Bertz CT molecular complexity index is 1110. The van der Waals surface area contributed by atoms with Gasteiger partial charge in [0.2, 0.25) is 5.91 Å². The van der Waals surface area contributed by atoms with Gasteiger partial charge in [-0.15, -0.1) is 10.2 Å². The molecule has 0 saturated carbocycles. The Morgan fingerprint density at radius 1 is 1.21 bits per heavy atom. The first-order valence-corrected chi connectivity index (χ1v) is 10.4. The van der Waals surface area contributed by atoms with Crippen molar-refractivity contribution in [3.8, 4) is 0 Å². The topological polar surface area (TPSA) is 108 Å². The van der Waals surface area contributed by atoms with Crippen molar-refractivity contribution in [3.63, 3.8) is 0 Å². The predicted octanol–water partition coefficient (Wildman–Crippen LogP) is 1.92. The van der Waals surface area contributed by atoms with Crippen LogP contribution in [-0.4, -0.2) is 65.0 Å². The van der Waals surface area contributed by atoms with Crippen LogP contribution in [0.4, 0.5) is 24.7 Å². The van der Waals surface area contributed by atoms with Crippen LogP contribution in [0.5, 0.6) is 0 Å². The maximum absolute atomic E-state index is 13.3. The van der Waals surface area contributed by atoms with E-state index in [2.05, 4.69) is 20.8 Å². The number of carbonyl (C=O) groups excluding carboxylic acids is 3. The van der Waals surface area contributed by atoms with Gasteiger partial charge in [0.1, 0.15) is 6.04 Å². The Labute approximate surface area is 186 Å². The van der Waals surface area contributed by atoms with E-state index in [1.165, 1.54) is 23.1 Å². The third-order valence-corrected chi connectivity index (χ3v) is 5.51. The second kappa shape index (κ2) is 8.68. The minimum absolute atomic E-state index is 0.0542. The predicted molar refractivity (Wildman–Crippen MR) is 112 cm³/mol. The highest BCUT2D eigenvalue weighted by Gasteiger charge is 2.42. The summed E-state index contributed by atoms with van der Waals surface area (Å²) in [5, 5.41) is 13.4. The summed E-state index contributed by atoms with van der Waals surface area (Å²) in [5.74, 6) is -1.32. The molecule has 1 saturated heterocycles. The van der Waals surface area contributed by atoms with Crippen molar-refractivity contribution in [2.45, 2.75) is 25.6 Å². The van der Waals surface area contributed by atoms with E-state index in [-0.39, 0.29) is 25.3 Å². The summed E-state index contributed by atoms with van der Waals surface area (Å²) in [4.78, 5) is 40.7. The number of benzene rings is 1. The number of alkyl halides is 3. The van der Waals surface area contributed by atoms with Gasteiger partial charge >= 0.3 is 6.18 Å². The van der Waals surface area contributed by atoms with Crippen molar-refractivity contribution in [1.82, 2.24) is 20.4 Å². The molecular formula is C21H21F3N6O3. The normalized spacial score (nSPS) is 17.7. The molecule has 3 heterocycles. The lowest BCUT2D eigenvalue weighted by atomic mass is 10.0. The summed E-state index contributed by atoms with van der Waals surface area (Å²) in [6.07, 6.45) is -3.93. The number of piperazine rings is 1. The number of aromatic nitrogens is 2. The van der Waals surface area contributed by atoms with Crippen molar-refractivity contribution in [2.24, 2.45) is 0 Å². The summed E-state index contributed by atoms with van der Waals surface area (Å²) in [6.45, 7) is 2.53. The molecule has 2 N–H and O–H groups in total. The molecule has 1 unspecified atom stereocenters. The van der Waals surface area contributed by atoms with E-state index in [0.29, 0.717) is 18.1 Å². The lowest BCUT2D eigenvalue weighted by molar-refractivity contribution is -0.138. The van der Waals surface area contributed by atoms with Crippen molar-refractivity contribution in [3.05, 3.63) is 47.2 Å². The molecule has 3 amide bonds. The van der Waals surface area contributed by atoms with Crippen LogP contribution in [0.2, 0.25) is 0 Å². The summed E-state index contributed by atoms with van der Waals surface area (Å²) >= 11 is 0. The molecule has 4 rings (SSSR count). The summed E-state index contributed by atoms with van der Waals surface area (Å²) in [7, 11) is 0. The van der Waals surface area contributed by atoms with E-state index in [1.807, 2.05) is 6.92 Å². The molecule has 0 aliphatic carbocycles. The number of anilines is 2. The van der Waals surface area contributed by atoms with Crippen LogP contribution in [0.3, 0.4) is 0 Å². The number of fused-ring (bicyclic) bond motifs is 3. The van der Waals surface area contributed by atoms with Crippen LogP contribution in [0.1, 0.15) is 39.8 Å². The third-order valence-electron chi connectivity index (χ3n) is 5.51. The number of nitrogens with one attached hydrogen (secondary N) is 2. The van der Waals surface area contributed by atoms with Crippen LogP contribution < -0.4 is 15.5 Å². The quantitative estimate of drug-likeness (QED) is 0.719. The highest BCUT2D eigenvalue weighted by Crippen LogP contribution is 2.34. The zero-order valence-corrected chi connectivity index (χ0v) is 17.6. The van der Waals surface area contributed by atoms with Gasteiger partial charge < -0.3 is 20.4 Å². The number of hydrogen-bond donors (Lipinski definition) is 2. The Hall–Kier alpha value is -3.70. The molecular weight excluding hydrogens is 441 g/mol. The van der Waals surface area contributed by atoms with E-state index in [9.17, 15) is 27.6 Å². The highest BCUT2D eigenvalue weighted by atomic mass is 19.4. The Morgan fingerprint density at radius 3 is 2.70 bits per heavy atom. The second-order valence-electron chi connectivity index (χ2n) is 7.72. The minimum atomic E-state index is -4.67. The van der Waals surface area contributed by atoms with E-state index < -0.39 is 41.1 Å². The Morgan fingerprint density at radius 2 is 1.97 bits per heavy atom. The van der Waals surface area contributed by atoms with Crippen LogP contribution in [0.15, 0.2) is 30.3 Å². The maximum Gasteiger partial charge on any atom is 0.417 e. The molecule has 12 heteroatoms. The number of rotatable bonds is 4. The molecule has 1 aromatic heterocycles. The summed E-state index contributed by atoms with van der Waals surface area (Å²) in [6, 6.07) is 5.16. The molecule has 1 aromatic carbocycles. The summed E-state index contributed by atoms with van der Waals surface area (Å²) < 4.78 is 40.0. The SMILES string of the molecule is CCCNC(=O)c1cc2c(nn1)N1CCN(C(=O)c3ccccc3C(F)(F)F)CC1C(=O)N2. The van der Waals surface area contributed by atoms with Gasteiger partial charge in [-0.1, -0.05) is 19.1 Å². The first kappa shape index (κ1) is 22.5. The molecule has 174 valence electrons. The van der Waals surface area contributed by atoms with Gasteiger partial charge in [-0.05, 0) is 24.6 Å². The molecule has 1 atom stereocenters. The molecule has 2 aliphatic rings. The van der Waals surface area contributed by atoms with E-state index in [4.69, 9.17) is 0 Å². The standard InChI is InChI=1S/C21H21F3N6O3/c1-2-7-25-18(31)15-10-14-17(28-27-15)30-9-8-29(11-16(30)19(32)26-14)20(33)12-5-3-4-6-13(12)21(22,23)24/h3-6,10,16H,2,7-9,11H2,1H3,(H,25,31)(H,26,32). The number of carbonyl (C=O) groups is 3. The molecule has 2 aliphatic heterocycles. The maximum atomic E-state index is 13.3. The van der Waals surface area contributed by atoms with Crippen LogP contribution in [0, 0.1) is 0 Å². The molecule has 33 heavy (non-hydrogen) atoms. The van der Waals surface area contributed by atoms with Crippen molar-refractivity contribution in [1.29, 1.82) is 0 Å². The first-order valence-electron chi connectivity index (χ1n) is 10.4. The zero-order valence-electron chi connectivity index (χ0n) is 17.6. The van der Waals surface area contributed by atoms with Crippen LogP contribution >= 0.6 is 0 Å². The van der Waals surface area contributed by atoms with Gasteiger partial charge in [0.05, 0.1) is 23.4 Å². The van der Waals surface area contributed by atoms with E-state index in [1.54, 1.807) is 4.90 Å². The molecule has 2 aromatic rings. The first-order chi connectivity index (χ1) is 15.7. The molecule has 1 fully saturated rings. The fraction of sp³-hybridized carbons (Fsp3) is 0.381. The van der Waals surface area contributed by atoms with Crippen molar-refractivity contribution < 1.29 is 27.6 Å². The fourth-order valence-electron chi connectivity index (χ4n) is 3.88. The van der Waals surface area contributed by atoms with Crippen molar-refractivity contribution >= 4 is 29.2 Å². The van der Waals surface area contributed by atoms with Gasteiger partial charge in [-0.3, -0.25) is 14.4 Å². The monoisotopic (exact) mass is 462 g/mol. The third kappa shape index (κ3) is 4.32. The lowest BCUT2D eigenvalue weighted by Gasteiger charge is -2.44. The van der Waals surface area contributed by atoms with Crippen LogP contribution in [-0.2, 0) is 11.0 Å². The van der Waals surface area contributed by atoms with E-state index >= 15 is 0 Å². The molecule has 0 radical (unpaired) electrons.